The minimum atomic E-state index is -0.233. The van der Waals surface area contributed by atoms with Crippen molar-refractivity contribution in [2.45, 2.75) is 37.5 Å². The van der Waals surface area contributed by atoms with E-state index in [1.165, 1.54) is 4.90 Å². The third kappa shape index (κ3) is 6.91. The van der Waals surface area contributed by atoms with Gasteiger partial charge in [0.05, 0.1) is 5.69 Å². The van der Waals surface area contributed by atoms with Crippen molar-refractivity contribution < 1.29 is 14.4 Å². The van der Waals surface area contributed by atoms with Crippen LogP contribution in [0.4, 0.5) is 10.5 Å². The van der Waals surface area contributed by atoms with Crippen LogP contribution in [0.3, 0.4) is 0 Å². The van der Waals surface area contributed by atoms with E-state index in [-0.39, 0.29) is 35.4 Å². The Hall–Kier alpha value is -2.80. The van der Waals surface area contributed by atoms with Gasteiger partial charge in [-0.3, -0.25) is 14.4 Å². The van der Waals surface area contributed by atoms with Crippen LogP contribution in [0.15, 0.2) is 53.4 Å². The quantitative estimate of drug-likeness (QED) is 0.665. The average molecular weight is 428 g/mol. The Bertz CT molecular complexity index is 903. The van der Waals surface area contributed by atoms with Crippen molar-refractivity contribution >= 4 is 34.5 Å². The summed E-state index contributed by atoms with van der Waals surface area (Å²) in [6.45, 7) is 6.58. The molecular weight excluding hydrogens is 398 g/mol. The van der Waals surface area contributed by atoms with Gasteiger partial charge in [-0.1, -0.05) is 45.0 Å². The predicted octanol–water partition coefficient (Wildman–Crippen LogP) is 4.52. The fourth-order valence-corrected chi connectivity index (χ4v) is 3.32. The number of nitrogens with one attached hydrogen (secondary N) is 2. The monoisotopic (exact) mass is 427 g/mol. The molecule has 0 radical (unpaired) electrons. The molecule has 0 bridgehead atoms. The van der Waals surface area contributed by atoms with Gasteiger partial charge in [-0.25, -0.2) is 0 Å². The largest absolute Gasteiger partial charge is 0.352 e. The van der Waals surface area contributed by atoms with Crippen LogP contribution in [-0.2, 0) is 10.2 Å². The first-order chi connectivity index (χ1) is 14.1. The molecule has 7 heteroatoms. The van der Waals surface area contributed by atoms with Crippen molar-refractivity contribution in [1.82, 2.24) is 10.2 Å². The molecule has 0 saturated heterocycles. The van der Waals surface area contributed by atoms with E-state index in [9.17, 15) is 14.4 Å². The number of para-hydroxylation sites is 1. The summed E-state index contributed by atoms with van der Waals surface area (Å²) in [6.07, 6.45) is 0.131. The number of carbonyl (C=O) groups is 3. The Labute approximate surface area is 182 Å². The van der Waals surface area contributed by atoms with Crippen molar-refractivity contribution in [1.29, 1.82) is 0 Å². The maximum atomic E-state index is 12.3. The Morgan fingerprint density at radius 1 is 0.967 bits per heavy atom. The molecule has 0 saturated carbocycles. The molecular formula is C23H29N3O3S. The topological polar surface area (TPSA) is 78.5 Å². The lowest BCUT2D eigenvalue weighted by Crippen LogP contribution is -2.27. The maximum Gasteiger partial charge on any atom is 0.286 e. The van der Waals surface area contributed by atoms with E-state index in [1.807, 2.05) is 18.2 Å². The molecule has 0 fully saturated rings. The van der Waals surface area contributed by atoms with Crippen LogP contribution in [0.1, 0.15) is 43.1 Å². The summed E-state index contributed by atoms with van der Waals surface area (Å²) < 4.78 is 0. The zero-order chi connectivity index (χ0) is 22.3. The summed E-state index contributed by atoms with van der Waals surface area (Å²) in [6, 6.07) is 14.6. The van der Waals surface area contributed by atoms with Crippen molar-refractivity contribution in [2.24, 2.45) is 0 Å². The molecule has 3 amide bonds. The van der Waals surface area contributed by atoms with E-state index in [4.69, 9.17) is 0 Å². The molecule has 0 heterocycles. The lowest BCUT2D eigenvalue weighted by atomic mass is 9.87. The van der Waals surface area contributed by atoms with Gasteiger partial charge in [-0.15, -0.1) is 0 Å². The Morgan fingerprint density at radius 3 is 2.20 bits per heavy atom. The first-order valence-corrected chi connectivity index (χ1v) is 10.6. The fraction of sp³-hybridized carbons (Fsp3) is 0.348. The molecule has 2 aromatic rings. The summed E-state index contributed by atoms with van der Waals surface area (Å²) >= 11 is 1.05. The second kappa shape index (κ2) is 10.3. The van der Waals surface area contributed by atoms with Crippen LogP contribution < -0.4 is 10.6 Å². The van der Waals surface area contributed by atoms with E-state index in [2.05, 4.69) is 31.4 Å². The van der Waals surface area contributed by atoms with Gasteiger partial charge in [-0.2, -0.15) is 0 Å². The normalized spacial score (nSPS) is 11.0. The SMILES string of the molecule is CN(C)C(=O)Sc1ccccc1NC(=O)CCNC(=O)c1ccc(C(C)(C)C)cc1. The van der Waals surface area contributed by atoms with Crippen molar-refractivity contribution in [3.8, 4) is 0 Å². The molecule has 6 nitrogen and oxygen atoms in total. The van der Waals surface area contributed by atoms with Crippen LogP contribution in [0, 0.1) is 0 Å². The highest BCUT2D eigenvalue weighted by molar-refractivity contribution is 8.13. The highest BCUT2D eigenvalue weighted by Gasteiger charge is 2.15. The van der Waals surface area contributed by atoms with Crippen LogP contribution in [0.2, 0.25) is 0 Å². The van der Waals surface area contributed by atoms with Crippen LogP contribution in [-0.4, -0.2) is 42.6 Å². The van der Waals surface area contributed by atoms with Crippen LogP contribution in [0.25, 0.3) is 0 Å². The molecule has 2 rings (SSSR count). The lowest BCUT2D eigenvalue weighted by molar-refractivity contribution is -0.116. The number of hydrogen-bond acceptors (Lipinski definition) is 4. The number of hydrogen-bond donors (Lipinski definition) is 2. The number of benzene rings is 2. The van der Waals surface area contributed by atoms with Crippen LogP contribution >= 0.6 is 11.8 Å². The molecule has 0 spiro atoms. The van der Waals surface area contributed by atoms with E-state index in [1.54, 1.807) is 44.4 Å². The van der Waals surface area contributed by atoms with E-state index >= 15 is 0 Å². The summed E-state index contributed by atoms with van der Waals surface area (Å²) in [5, 5.41) is 5.46. The van der Waals surface area contributed by atoms with Crippen molar-refractivity contribution in [3.63, 3.8) is 0 Å². The molecule has 2 N–H and O–H groups in total. The average Bonchev–Trinajstić information content (AvgIpc) is 2.68. The predicted molar refractivity (Wildman–Crippen MR) is 122 cm³/mol. The number of amides is 3. The lowest BCUT2D eigenvalue weighted by Gasteiger charge is -2.19. The Morgan fingerprint density at radius 2 is 1.60 bits per heavy atom. The summed E-state index contributed by atoms with van der Waals surface area (Å²) in [5.41, 5.74) is 2.32. The zero-order valence-electron chi connectivity index (χ0n) is 18.1. The van der Waals surface area contributed by atoms with Crippen molar-refractivity contribution in [2.75, 3.05) is 26.0 Å². The number of rotatable bonds is 6. The molecule has 0 aliphatic rings. The van der Waals surface area contributed by atoms with E-state index in [0.29, 0.717) is 16.1 Å². The van der Waals surface area contributed by atoms with Gasteiger partial charge in [0.25, 0.3) is 11.1 Å². The number of anilines is 1. The third-order valence-corrected chi connectivity index (χ3v) is 5.49. The zero-order valence-corrected chi connectivity index (χ0v) is 18.9. The van der Waals surface area contributed by atoms with E-state index in [0.717, 1.165) is 17.3 Å². The molecule has 0 aromatic heterocycles. The smallest absolute Gasteiger partial charge is 0.286 e. The minimum Gasteiger partial charge on any atom is -0.352 e. The first-order valence-electron chi connectivity index (χ1n) is 9.74. The molecule has 0 atom stereocenters. The van der Waals surface area contributed by atoms with Gasteiger partial charge in [0.1, 0.15) is 0 Å². The standard InChI is InChI=1S/C23H29N3O3S/c1-23(2,3)17-12-10-16(11-13-17)21(28)24-15-14-20(27)25-18-8-6-7-9-19(18)30-22(29)26(4)5/h6-13H,14-15H2,1-5H3,(H,24,28)(H,25,27). The van der Waals surface area contributed by atoms with Gasteiger partial charge in [0.2, 0.25) is 5.91 Å². The molecule has 2 aromatic carbocycles. The number of nitrogens with zero attached hydrogens (tertiary/aromatic N) is 1. The molecule has 0 aliphatic heterocycles. The van der Waals surface area contributed by atoms with Crippen LogP contribution in [0.5, 0.6) is 0 Å². The minimum absolute atomic E-state index is 0.0266. The Balaban J connectivity index is 1.87. The second-order valence-electron chi connectivity index (χ2n) is 8.14. The Kier molecular flexibility index (Phi) is 8.06. The fourth-order valence-electron chi connectivity index (χ4n) is 2.57. The first kappa shape index (κ1) is 23.5. The summed E-state index contributed by atoms with van der Waals surface area (Å²) in [7, 11) is 3.35. The maximum absolute atomic E-state index is 12.3. The molecule has 0 aliphatic carbocycles. The summed E-state index contributed by atoms with van der Waals surface area (Å²) in [4.78, 5) is 38.7. The second-order valence-corrected chi connectivity index (χ2v) is 9.13. The summed E-state index contributed by atoms with van der Waals surface area (Å²) in [5.74, 6) is -0.445. The van der Waals surface area contributed by atoms with Gasteiger partial charge in [0, 0.05) is 37.5 Å². The van der Waals surface area contributed by atoms with Crippen molar-refractivity contribution in [3.05, 3.63) is 59.7 Å². The highest BCUT2D eigenvalue weighted by Crippen LogP contribution is 2.28. The van der Waals surface area contributed by atoms with Gasteiger partial charge in [0.15, 0.2) is 0 Å². The third-order valence-electron chi connectivity index (χ3n) is 4.37. The number of carbonyl (C=O) groups excluding carboxylic acids is 3. The number of thioether (sulfide) groups is 1. The van der Waals surface area contributed by atoms with E-state index < -0.39 is 0 Å². The van der Waals surface area contributed by atoms with Gasteiger partial charge < -0.3 is 15.5 Å². The van der Waals surface area contributed by atoms with Gasteiger partial charge in [-0.05, 0) is 47.0 Å². The molecule has 0 unspecified atom stereocenters. The highest BCUT2D eigenvalue weighted by atomic mass is 32.2. The van der Waals surface area contributed by atoms with Gasteiger partial charge >= 0.3 is 0 Å². The molecule has 160 valence electrons. The molecule has 30 heavy (non-hydrogen) atoms.